The highest BCUT2D eigenvalue weighted by atomic mass is 14.9. The molecule has 1 aliphatic rings. The molecule has 1 aliphatic carbocycles. The molecule has 88 valence electrons. The molecule has 1 N–H and O–H groups in total. The van der Waals surface area contributed by atoms with Gasteiger partial charge >= 0.3 is 0 Å². The van der Waals surface area contributed by atoms with Gasteiger partial charge in [0.2, 0.25) is 0 Å². The van der Waals surface area contributed by atoms with Gasteiger partial charge in [-0.2, -0.15) is 0 Å². The quantitative estimate of drug-likeness (QED) is 0.813. The van der Waals surface area contributed by atoms with Crippen LogP contribution < -0.4 is 5.32 Å². The van der Waals surface area contributed by atoms with Gasteiger partial charge in [0.1, 0.15) is 0 Å². The van der Waals surface area contributed by atoms with E-state index < -0.39 is 0 Å². The van der Waals surface area contributed by atoms with Crippen LogP contribution in [0.25, 0.3) is 0 Å². The summed E-state index contributed by atoms with van der Waals surface area (Å²) in [6.07, 6.45) is 8.16. The lowest BCUT2D eigenvalue weighted by Crippen LogP contribution is -2.38. The molecule has 0 amide bonds. The van der Waals surface area contributed by atoms with Gasteiger partial charge in [0, 0.05) is 12.1 Å². The molecule has 0 saturated heterocycles. The molecule has 0 aromatic heterocycles. The summed E-state index contributed by atoms with van der Waals surface area (Å²) in [5.41, 5.74) is 1.44. The largest absolute Gasteiger partial charge is 0.311 e. The van der Waals surface area contributed by atoms with Gasteiger partial charge in [0.25, 0.3) is 0 Å². The third kappa shape index (κ3) is 3.64. The number of hydrogen-bond donors (Lipinski definition) is 1. The summed E-state index contributed by atoms with van der Waals surface area (Å²) in [6.45, 7) is 2.31. The Bertz CT molecular complexity index is 288. The van der Waals surface area contributed by atoms with Gasteiger partial charge in [0.05, 0.1) is 0 Å². The van der Waals surface area contributed by atoms with Crippen molar-refractivity contribution in [2.24, 2.45) is 0 Å². The second-order valence-corrected chi connectivity index (χ2v) is 5.09. The molecule has 0 bridgehead atoms. The summed E-state index contributed by atoms with van der Waals surface area (Å²) in [4.78, 5) is 0. The van der Waals surface area contributed by atoms with Crippen LogP contribution in [0.2, 0.25) is 0 Å². The van der Waals surface area contributed by atoms with Crippen LogP contribution in [-0.4, -0.2) is 12.1 Å². The maximum atomic E-state index is 3.77. The van der Waals surface area contributed by atoms with E-state index in [1.54, 1.807) is 0 Å². The highest BCUT2D eigenvalue weighted by Crippen LogP contribution is 2.18. The van der Waals surface area contributed by atoms with Gasteiger partial charge in [-0.1, -0.05) is 49.6 Å². The highest BCUT2D eigenvalue weighted by Gasteiger charge is 2.15. The Kier molecular flexibility index (Phi) is 4.41. The van der Waals surface area contributed by atoms with Crippen LogP contribution in [0, 0.1) is 0 Å². The Labute approximate surface area is 99.3 Å². The third-order valence-corrected chi connectivity index (χ3v) is 3.51. The summed E-state index contributed by atoms with van der Waals surface area (Å²) in [5, 5.41) is 3.77. The van der Waals surface area contributed by atoms with E-state index in [-0.39, 0.29) is 0 Å². The summed E-state index contributed by atoms with van der Waals surface area (Å²) in [5.74, 6) is 0. The second-order valence-electron chi connectivity index (χ2n) is 5.09. The maximum absolute atomic E-state index is 3.77. The van der Waals surface area contributed by atoms with E-state index in [0.717, 1.165) is 12.5 Å². The van der Waals surface area contributed by atoms with E-state index >= 15 is 0 Å². The molecule has 1 aromatic carbocycles. The SMILES string of the molecule is C[C@H](Cc1ccccc1)NC1CCCCC1. The average Bonchev–Trinajstić information content (AvgIpc) is 2.31. The molecule has 1 atom stereocenters. The van der Waals surface area contributed by atoms with Crippen LogP contribution in [0.15, 0.2) is 30.3 Å². The fraction of sp³-hybridized carbons (Fsp3) is 0.600. The minimum atomic E-state index is 0.602. The summed E-state index contributed by atoms with van der Waals surface area (Å²) in [6, 6.07) is 12.2. The zero-order chi connectivity index (χ0) is 11.2. The van der Waals surface area contributed by atoms with E-state index in [9.17, 15) is 0 Å². The van der Waals surface area contributed by atoms with Crippen molar-refractivity contribution in [1.82, 2.24) is 5.32 Å². The van der Waals surface area contributed by atoms with Gasteiger partial charge < -0.3 is 5.32 Å². The second kappa shape index (κ2) is 6.05. The molecule has 1 nitrogen and oxygen atoms in total. The zero-order valence-corrected chi connectivity index (χ0v) is 10.3. The van der Waals surface area contributed by atoms with Crippen molar-refractivity contribution in [2.75, 3.05) is 0 Å². The average molecular weight is 217 g/mol. The summed E-state index contributed by atoms with van der Waals surface area (Å²) < 4.78 is 0. The van der Waals surface area contributed by atoms with Gasteiger partial charge in [-0.05, 0) is 31.7 Å². The first kappa shape index (κ1) is 11.7. The van der Waals surface area contributed by atoms with Crippen LogP contribution in [0.3, 0.4) is 0 Å². The molecule has 1 saturated carbocycles. The van der Waals surface area contributed by atoms with Crippen molar-refractivity contribution < 1.29 is 0 Å². The Morgan fingerprint density at radius 1 is 1.12 bits per heavy atom. The van der Waals surface area contributed by atoms with E-state index in [1.807, 2.05) is 0 Å². The lowest BCUT2D eigenvalue weighted by molar-refractivity contribution is 0.343. The van der Waals surface area contributed by atoms with Crippen LogP contribution in [0.4, 0.5) is 0 Å². The molecule has 0 unspecified atom stereocenters. The standard InChI is InChI=1S/C15H23N/c1-13(12-14-8-4-2-5-9-14)16-15-10-6-3-7-11-15/h2,4-5,8-9,13,15-16H,3,6-7,10-12H2,1H3/t13-/m1/s1. The summed E-state index contributed by atoms with van der Waals surface area (Å²) in [7, 11) is 0. The topological polar surface area (TPSA) is 12.0 Å². The molecule has 0 radical (unpaired) electrons. The lowest BCUT2D eigenvalue weighted by Gasteiger charge is -2.26. The van der Waals surface area contributed by atoms with Crippen molar-refractivity contribution in [2.45, 2.75) is 57.5 Å². The predicted molar refractivity (Wildman–Crippen MR) is 69.6 cm³/mol. The van der Waals surface area contributed by atoms with Crippen LogP contribution in [-0.2, 0) is 6.42 Å². The smallest absolute Gasteiger partial charge is 0.00817 e. The van der Waals surface area contributed by atoms with E-state index in [2.05, 4.69) is 42.6 Å². The van der Waals surface area contributed by atoms with Crippen molar-refractivity contribution in [1.29, 1.82) is 0 Å². The van der Waals surface area contributed by atoms with Crippen LogP contribution >= 0.6 is 0 Å². The molecule has 0 spiro atoms. The van der Waals surface area contributed by atoms with Gasteiger partial charge in [0.15, 0.2) is 0 Å². The number of rotatable bonds is 4. The van der Waals surface area contributed by atoms with Crippen molar-refractivity contribution >= 4 is 0 Å². The van der Waals surface area contributed by atoms with E-state index in [0.29, 0.717) is 6.04 Å². The third-order valence-electron chi connectivity index (χ3n) is 3.51. The molecular weight excluding hydrogens is 194 g/mol. The first-order chi connectivity index (χ1) is 7.84. The molecule has 0 heterocycles. The Morgan fingerprint density at radius 3 is 2.50 bits per heavy atom. The molecule has 1 fully saturated rings. The molecule has 1 heteroatoms. The monoisotopic (exact) mass is 217 g/mol. The Hall–Kier alpha value is -0.820. The first-order valence-electron chi connectivity index (χ1n) is 6.64. The van der Waals surface area contributed by atoms with E-state index in [4.69, 9.17) is 0 Å². The zero-order valence-electron chi connectivity index (χ0n) is 10.3. The van der Waals surface area contributed by atoms with Gasteiger partial charge in [-0.15, -0.1) is 0 Å². The first-order valence-corrected chi connectivity index (χ1v) is 6.64. The van der Waals surface area contributed by atoms with E-state index in [1.165, 1.54) is 37.7 Å². The minimum absolute atomic E-state index is 0.602. The number of nitrogens with one attached hydrogen (secondary N) is 1. The molecule has 16 heavy (non-hydrogen) atoms. The molecule has 0 aliphatic heterocycles. The fourth-order valence-corrected chi connectivity index (χ4v) is 2.70. The predicted octanol–water partition coefficient (Wildman–Crippen LogP) is 3.54. The fourth-order valence-electron chi connectivity index (χ4n) is 2.70. The van der Waals surface area contributed by atoms with Crippen LogP contribution in [0.5, 0.6) is 0 Å². The molecule has 1 aromatic rings. The van der Waals surface area contributed by atoms with Gasteiger partial charge in [-0.3, -0.25) is 0 Å². The van der Waals surface area contributed by atoms with Gasteiger partial charge in [-0.25, -0.2) is 0 Å². The normalized spacial score (nSPS) is 19.6. The highest BCUT2D eigenvalue weighted by molar-refractivity contribution is 5.15. The minimum Gasteiger partial charge on any atom is -0.311 e. The maximum Gasteiger partial charge on any atom is 0.00817 e. The Morgan fingerprint density at radius 2 is 1.81 bits per heavy atom. The lowest BCUT2D eigenvalue weighted by atomic mass is 9.94. The number of benzene rings is 1. The Balaban J connectivity index is 1.77. The molecule has 2 rings (SSSR count). The number of hydrogen-bond acceptors (Lipinski definition) is 1. The summed E-state index contributed by atoms with van der Waals surface area (Å²) >= 11 is 0. The molecular formula is C15H23N. The van der Waals surface area contributed by atoms with Crippen molar-refractivity contribution in [3.05, 3.63) is 35.9 Å². The van der Waals surface area contributed by atoms with Crippen molar-refractivity contribution in [3.63, 3.8) is 0 Å². The van der Waals surface area contributed by atoms with Crippen LogP contribution in [0.1, 0.15) is 44.6 Å². The van der Waals surface area contributed by atoms with Crippen molar-refractivity contribution in [3.8, 4) is 0 Å².